The first kappa shape index (κ1) is 23.7. The van der Waals surface area contributed by atoms with Gasteiger partial charge in [0.2, 0.25) is 11.6 Å². The standard InChI is InChI=1S/C23H17F5N2O3/c1-31-16-8-12(9-17(32-2)23(16)33-3)10-29-13-4-6-14(7-5-13)30-11-15-18(24)20(26)22(28)21(27)19(15)25/h4-11H,1-3H3. The van der Waals surface area contributed by atoms with Crippen LogP contribution < -0.4 is 14.2 Å². The number of halogens is 5. The van der Waals surface area contributed by atoms with Crippen molar-refractivity contribution in [2.24, 2.45) is 9.98 Å². The zero-order chi connectivity index (χ0) is 24.1. The van der Waals surface area contributed by atoms with Crippen molar-refractivity contribution in [1.29, 1.82) is 0 Å². The van der Waals surface area contributed by atoms with Crippen molar-refractivity contribution >= 4 is 23.8 Å². The molecule has 3 rings (SSSR count). The van der Waals surface area contributed by atoms with E-state index < -0.39 is 34.6 Å². The van der Waals surface area contributed by atoms with Gasteiger partial charge in [-0.2, -0.15) is 0 Å². The molecular formula is C23H17F5N2O3. The van der Waals surface area contributed by atoms with Crippen molar-refractivity contribution in [3.05, 3.63) is 76.6 Å². The number of nitrogens with zero attached hydrogens (tertiary/aromatic N) is 2. The number of benzene rings is 3. The van der Waals surface area contributed by atoms with Gasteiger partial charge in [-0.15, -0.1) is 0 Å². The van der Waals surface area contributed by atoms with Gasteiger partial charge >= 0.3 is 0 Å². The molecule has 0 radical (unpaired) electrons. The quantitative estimate of drug-likeness (QED) is 0.189. The smallest absolute Gasteiger partial charge is 0.203 e. The Morgan fingerprint density at radius 1 is 0.606 bits per heavy atom. The van der Waals surface area contributed by atoms with E-state index in [1.54, 1.807) is 30.5 Å². The molecule has 3 aromatic rings. The molecular weight excluding hydrogens is 447 g/mol. The summed E-state index contributed by atoms with van der Waals surface area (Å²) in [5.41, 5.74) is 0.262. The van der Waals surface area contributed by atoms with Crippen LogP contribution in [0.25, 0.3) is 0 Å². The minimum absolute atomic E-state index is 0.214. The average Bonchev–Trinajstić information content (AvgIpc) is 2.84. The SMILES string of the molecule is COc1cc(C=Nc2ccc(N=Cc3c(F)c(F)c(F)c(F)c3F)cc2)cc(OC)c1OC. The summed E-state index contributed by atoms with van der Waals surface area (Å²) < 4.78 is 83.0. The van der Waals surface area contributed by atoms with Crippen LogP contribution >= 0.6 is 0 Å². The Morgan fingerprint density at radius 3 is 1.45 bits per heavy atom. The Kier molecular flexibility index (Phi) is 7.27. The summed E-state index contributed by atoms with van der Waals surface area (Å²) >= 11 is 0. The second-order valence-corrected chi connectivity index (χ2v) is 6.48. The van der Waals surface area contributed by atoms with Crippen LogP contribution in [0.1, 0.15) is 11.1 Å². The van der Waals surface area contributed by atoms with Crippen LogP contribution in [-0.2, 0) is 0 Å². The predicted molar refractivity (Wildman–Crippen MR) is 113 cm³/mol. The van der Waals surface area contributed by atoms with Crippen LogP contribution in [0.5, 0.6) is 17.2 Å². The molecule has 0 amide bonds. The molecule has 5 nitrogen and oxygen atoms in total. The molecule has 0 bridgehead atoms. The second kappa shape index (κ2) is 10.1. The fourth-order valence-electron chi connectivity index (χ4n) is 2.82. The second-order valence-electron chi connectivity index (χ2n) is 6.48. The monoisotopic (exact) mass is 464 g/mol. The molecule has 0 unspecified atom stereocenters. The van der Waals surface area contributed by atoms with Crippen molar-refractivity contribution in [3.8, 4) is 17.2 Å². The van der Waals surface area contributed by atoms with E-state index in [0.29, 0.717) is 34.7 Å². The highest BCUT2D eigenvalue weighted by Gasteiger charge is 2.24. The summed E-state index contributed by atoms with van der Waals surface area (Å²) in [7, 11) is 4.47. The highest BCUT2D eigenvalue weighted by molar-refractivity contribution is 5.85. The van der Waals surface area contributed by atoms with Gasteiger partial charge in [0, 0.05) is 18.0 Å². The van der Waals surface area contributed by atoms with Gasteiger partial charge in [-0.3, -0.25) is 9.98 Å². The van der Waals surface area contributed by atoms with Gasteiger partial charge < -0.3 is 14.2 Å². The number of methoxy groups -OCH3 is 3. The molecule has 3 aromatic carbocycles. The molecule has 0 saturated heterocycles. The van der Waals surface area contributed by atoms with Crippen LogP contribution in [0.4, 0.5) is 33.3 Å². The van der Waals surface area contributed by atoms with Gasteiger partial charge in [0.25, 0.3) is 0 Å². The molecule has 0 aliphatic rings. The lowest BCUT2D eigenvalue weighted by molar-refractivity contribution is 0.324. The Hall–Kier alpha value is -3.95. The number of aliphatic imine (C=N–C) groups is 2. The van der Waals surface area contributed by atoms with E-state index >= 15 is 0 Å². The number of hydrogen-bond donors (Lipinski definition) is 0. The summed E-state index contributed by atoms with van der Waals surface area (Å²) in [4.78, 5) is 8.09. The van der Waals surface area contributed by atoms with Gasteiger partial charge in [-0.05, 0) is 36.4 Å². The highest BCUT2D eigenvalue weighted by Crippen LogP contribution is 2.37. The lowest BCUT2D eigenvalue weighted by Crippen LogP contribution is -2.06. The Morgan fingerprint density at radius 2 is 1.03 bits per heavy atom. The van der Waals surface area contributed by atoms with Crippen LogP contribution in [-0.4, -0.2) is 33.8 Å². The zero-order valence-corrected chi connectivity index (χ0v) is 17.6. The average molecular weight is 464 g/mol. The van der Waals surface area contributed by atoms with Crippen molar-refractivity contribution in [2.45, 2.75) is 0 Å². The van der Waals surface area contributed by atoms with Crippen molar-refractivity contribution < 1.29 is 36.2 Å². The predicted octanol–water partition coefficient (Wildman–Crippen LogP) is 5.91. The van der Waals surface area contributed by atoms with E-state index in [-0.39, 0.29) is 5.69 Å². The van der Waals surface area contributed by atoms with Crippen LogP contribution in [0.2, 0.25) is 0 Å². The molecule has 0 atom stereocenters. The van der Waals surface area contributed by atoms with Crippen molar-refractivity contribution in [3.63, 3.8) is 0 Å². The molecule has 0 aromatic heterocycles. The Labute approximate surface area is 185 Å². The van der Waals surface area contributed by atoms with E-state index in [1.165, 1.54) is 33.5 Å². The highest BCUT2D eigenvalue weighted by atomic mass is 19.2. The molecule has 0 fully saturated rings. The van der Waals surface area contributed by atoms with E-state index in [2.05, 4.69) is 9.98 Å². The largest absolute Gasteiger partial charge is 0.493 e. The topological polar surface area (TPSA) is 52.4 Å². The van der Waals surface area contributed by atoms with Crippen LogP contribution in [0.3, 0.4) is 0 Å². The van der Waals surface area contributed by atoms with Gasteiger partial charge in [0.1, 0.15) is 0 Å². The van der Waals surface area contributed by atoms with Crippen molar-refractivity contribution in [2.75, 3.05) is 21.3 Å². The lowest BCUT2D eigenvalue weighted by Gasteiger charge is -2.12. The first-order valence-electron chi connectivity index (χ1n) is 9.30. The van der Waals surface area contributed by atoms with Crippen LogP contribution in [0.15, 0.2) is 46.4 Å². The van der Waals surface area contributed by atoms with E-state index in [0.717, 1.165) is 0 Å². The van der Waals surface area contributed by atoms with Crippen LogP contribution in [0, 0.1) is 29.1 Å². The third-order valence-electron chi connectivity index (χ3n) is 4.49. The maximum absolute atomic E-state index is 13.7. The van der Waals surface area contributed by atoms with Gasteiger partial charge in [0.15, 0.2) is 34.8 Å². The van der Waals surface area contributed by atoms with E-state index in [9.17, 15) is 22.0 Å². The Bertz CT molecular complexity index is 1170. The number of ether oxygens (including phenoxy) is 3. The fourth-order valence-corrected chi connectivity index (χ4v) is 2.82. The normalized spacial score (nSPS) is 11.4. The summed E-state index contributed by atoms with van der Waals surface area (Å²) in [5.74, 6) is -8.86. The fraction of sp³-hybridized carbons (Fsp3) is 0.130. The van der Waals surface area contributed by atoms with Gasteiger partial charge in [-0.1, -0.05) is 0 Å². The summed E-state index contributed by atoms with van der Waals surface area (Å²) in [6.45, 7) is 0. The third kappa shape index (κ3) is 4.94. The lowest BCUT2D eigenvalue weighted by atomic mass is 10.2. The minimum atomic E-state index is -2.23. The zero-order valence-electron chi connectivity index (χ0n) is 17.6. The van der Waals surface area contributed by atoms with Crippen molar-refractivity contribution in [1.82, 2.24) is 0 Å². The molecule has 33 heavy (non-hydrogen) atoms. The molecule has 0 heterocycles. The minimum Gasteiger partial charge on any atom is -0.493 e. The third-order valence-corrected chi connectivity index (χ3v) is 4.49. The molecule has 172 valence electrons. The maximum atomic E-state index is 13.7. The van der Waals surface area contributed by atoms with Gasteiger partial charge in [0.05, 0.1) is 38.3 Å². The molecule has 0 saturated carbocycles. The number of hydrogen-bond acceptors (Lipinski definition) is 5. The van der Waals surface area contributed by atoms with Gasteiger partial charge in [-0.25, -0.2) is 22.0 Å². The molecule has 0 spiro atoms. The molecule has 0 N–H and O–H groups in total. The first-order valence-corrected chi connectivity index (χ1v) is 9.30. The summed E-state index contributed by atoms with van der Waals surface area (Å²) in [6, 6.07) is 9.44. The summed E-state index contributed by atoms with van der Waals surface area (Å²) in [6.07, 6.45) is 2.13. The first-order chi connectivity index (χ1) is 15.8. The molecule has 0 aliphatic carbocycles. The number of rotatable bonds is 7. The molecule has 10 heteroatoms. The van der Waals surface area contributed by atoms with E-state index in [4.69, 9.17) is 14.2 Å². The summed E-state index contributed by atoms with van der Waals surface area (Å²) in [5, 5.41) is 0. The maximum Gasteiger partial charge on any atom is 0.203 e. The molecule has 0 aliphatic heterocycles. The van der Waals surface area contributed by atoms with E-state index in [1.807, 2.05) is 0 Å². The Balaban J connectivity index is 1.82.